The summed E-state index contributed by atoms with van der Waals surface area (Å²) in [5.41, 5.74) is -0.634. The molecule has 1 heterocycles. The van der Waals surface area contributed by atoms with Crippen LogP contribution in [-0.2, 0) is 4.79 Å². The van der Waals surface area contributed by atoms with Crippen LogP contribution in [0.4, 0.5) is 5.69 Å². The molecule has 0 spiro atoms. The summed E-state index contributed by atoms with van der Waals surface area (Å²) in [5, 5.41) is 13.5. The Labute approximate surface area is 126 Å². The predicted octanol–water partition coefficient (Wildman–Crippen LogP) is 1.24. The van der Waals surface area contributed by atoms with Crippen LogP contribution in [0.15, 0.2) is 12.3 Å². The Bertz CT molecular complexity index is 564. The summed E-state index contributed by atoms with van der Waals surface area (Å²) in [6, 6.07) is 1.13. The topological polar surface area (TPSA) is 105 Å². The monoisotopic (exact) mass is 314 g/mol. The highest BCUT2D eigenvalue weighted by atomic mass is 35.5. The first-order chi connectivity index (χ1) is 9.90. The van der Waals surface area contributed by atoms with Crippen molar-refractivity contribution in [2.75, 3.05) is 19.6 Å². The van der Waals surface area contributed by atoms with Crippen LogP contribution in [0.1, 0.15) is 24.2 Å². The van der Waals surface area contributed by atoms with E-state index in [0.29, 0.717) is 6.54 Å². The molecule has 8 nitrogen and oxygen atoms in total. The molecule has 9 heteroatoms. The number of carbonyl (C=O) groups excluding carboxylic acids is 2. The lowest BCUT2D eigenvalue weighted by atomic mass is 10.2. The average molecular weight is 315 g/mol. The lowest BCUT2D eigenvalue weighted by Crippen LogP contribution is -2.40. The number of amides is 2. The molecule has 21 heavy (non-hydrogen) atoms. The fourth-order valence-corrected chi connectivity index (χ4v) is 1.82. The zero-order valence-electron chi connectivity index (χ0n) is 11.6. The molecule has 1 rings (SSSR count). The molecule has 1 aromatic heterocycles. The second kappa shape index (κ2) is 7.53. The third-order valence-electron chi connectivity index (χ3n) is 2.65. The minimum absolute atomic E-state index is 0.0296. The number of pyridine rings is 1. The molecular weight excluding hydrogens is 300 g/mol. The van der Waals surface area contributed by atoms with Crippen LogP contribution in [0, 0.1) is 10.1 Å². The first kappa shape index (κ1) is 16.8. The summed E-state index contributed by atoms with van der Waals surface area (Å²) in [7, 11) is 0. The minimum atomic E-state index is -0.712. The fraction of sp³-hybridized carbons (Fsp3) is 0.417. The van der Waals surface area contributed by atoms with Gasteiger partial charge in [0, 0.05) is 13.1 Å². The number of carbonyl (C=O) groups is 2. The third-order valence-corrected chi connectivity index (χ3v) is 2.86. The Kier molecular flexibility index (Phi) is 6.04. The van der Waals surface area contributed by atoms with Gasteiger partial charge in [-0.1, -0.05) is 11.6 Å². The first-order valence-electron chi connectivity index (χ1n) is 6.26. The average Bonchev–Trinajstić information content (AvgIpc) is 2.43. The van der Waals surface area contributed by atoms with Gasteiger partial charge in [-0.15, -0.1) is 0 Å². The molecule has 0 fully saturated rings. The Balaban J connectivity index is 3.07. The molecule has 0 atom stereocenters. The highest BCUT2D eigenvalue weighted by Crippen LogP contribution is 2.21. The molecule has 0 aliphatic heterocycles. The fourth-order valence-electron chi connectivity index (χ4n) is 1.66. The van der Waals surface area contributed by atoms with Gasteiger partial charge in [-0.05, 0) is 19.9 Å². The van der Waals surface area contributed by atoms with Gasteiger partial charge >= 0.3 is 0 Å². The van der Waals surface area contributed by atoms with E-state index in [-0.39, 0.29) is 29.7 Å². The van der Waals surface area contributed by atoms with E-state index in [0.717, 1.165) is 12.3 Å². The van der Waals surface area contributed by atoms with Gasteiger partial charge in [0.25, 0.3) is 11.6 Å². The number of likely N-dealkylation sites (N-methyl/N-ethyl adjacent to an activating group) is 2. The maximum absolute atomic E-state index is 12.3. The Morgan fingerprint density at radius 2 is 2.14 bits per heavy atom. The standard InChI is InChI=1S/C12H15ClN4O4/c1-3-14-11(18)7-16(4-2)12(19)8-5-10(13)15-6-9(8)17(20)21/h5-6H,3-4,7H2,1-2H3,(H,14,18). The number of halogens is 1. The van der Waals surface area contributed by atoms with Gasteiger partial charge in [-0.3, -0.25) is 19.7 Å². The number of nitrogens with one attached hydrogen (secondary N) is 1. The highest BCUT2D eigenvalue weighted by Gasteiger charge is 2.26. The normalized spacial score (nSPS) is 10.0. The molecule has 0 bridgehead atoms. The lowest BCUT2D eigenvalue weighted by Gasteiger charge is -2.20. The predicted molar refractivity (Wildman–Crippen MR) is 76.2 cm³/mol. The van der Waals surface area contributed by atoms with Crippen molar-refractivity contribution in [2.24, 2.45) is 0 Å². The third kappa shape index (κ3) is 4.38. The molecule has 2 amide bonds. The van der Waals surface area contributed by atoms with Crippen LogP contribution < -0.4 is 5.32 Å². The van der Waals surface area contributed by atoms with Crippen molar-refractivity contribution in [3.05, 3.63) is 33.1 Å². The second-order valence-corrected chi connectivity index (χ2v) is 4.44. The van der Waals surface area contributed by atoms with Crippen LogP contribution in [-0.4, -0.2) is 46.3 Å². The maximum Gasteiger partial charge on any atom is 0.300 e. The van der Waals surface area contributed by atoms with Crippen molar-refractivity contribution in [3.63, 3.8) is 0 Å². The smallest absolute Gasteiger partial charge is 0.300 e. The summed E-state index contributed by atoms with van der Waals surface area (Å²) in [6.07, 6.45) is 0.926. The Morgan fingerprint density at radius 3 is 2.67 bits per heavy atom. The quantitative estimate of drug-likeness (QED) is 0.483. The largest absolute Gasteiger partial charge is 0.355 e. The number of hydrogen-bond acceptors (Lipinski definition) is 5. The van der Waals surface area contributed by atoms with Crippen LogP contribution in [0.25, 0.3) is 0 Å². The van der Waals surface area contributed by atoms with Crippen molar-refractivity contribution in [3.8, 4) is 0 Å². The molecular formula is C12H15ClN4O4. The Hall–Kier alpha value is -2.22. The van der Waals surface area contributed by atoms with Gasteiger partial charge in [0.15, 0.2) is 0 Å². The van der Waals surface area contributed by atoms with E-state index >= 15 is 0 Å². The summed E-state index contributed by atoms with van der Waals surface area (Å²) in [6.45, 7) is 3.91. The van der Waals surface area contributed by atoms with Gasteiger partial charge in [0.05, 0.1) is 11.5 Å². The maximum atomic E-state index is 12.3. The van der Waals surface area contributed by atoms with Crippen molar-refractivity contribution in [2.45, 2.75) is 13.8 Å². The first-order valence-corrected chi connectivity index (χ1v) is 6.64. The molecule has 0 saturated heterocycles. The Morgan fingerprint density at radius 1 is 1.48 bits per heavy atom. The van der Waals surface area contributed by atoms with E-state index in [1.54, 1.807) is 13.8 Å². The van der Waals surface area contributed by atoms with Crippen LogP contribution >= 0.6 is 11.6 Å². The van der Waals surface area contributed by atoms with Gasteiger partial charge in [-0.25, -0.2) is 4.98 Å². The lowest BCUT2D eigenvalue weighted by molar-refractivity contribution is -0.385. The zero-order chi connectivity index (χ0) is 16.0. The van der Waals surface area contributed by atoms with E-state index in [9.17, 15) is 19.7 Å². The molecule has 0 unspecified atom stereocenters. The van der Waals surface area contributed by atoms with Gasteiger partial charge < -0.3 is 10.2 Å². The van der Waals surface area contributed by atoms with Crippen molar-refractivity contribution < 1.29 is 14.5 Å². The number of rotatable bonds is 6. The molecule has 0 aromatic carbocycles. The summed E-state index contributed by atoms with van der Waals surface area (Å²) >= 11 is 5.69. The van der Waals surface area contributed by atoms with Crippen molar-refractivity contribution in [1.82, 2.24) is 15.2 Å². The van der Waals surface area contributed by atoms with E-state index in [1.165, 1.54) is 4.90 Å². The second-order valence-electron chi connectivity index (χ2n) is 4.05. The minimum Gasteiger partial charge on any atom is -0.355 e. The van der Waals surface area contributed by atoms with Crippen LogP contribution in [0.2, 0.25) is 5.15 Å². The number of nitrogens with zero attached hydrogens (tertiary/aromatic N) is 3. The molecule has 0 aliphatic carbocycles. The SMILES string of the molecule is CCNC(=O)CN(CC)C(=O)c1cc(Cl)ncc1[N+](=O)[O-]. The molecule has 0 radical (unpaired) electrons. The van der Waals surface area contributed by atoms with Crippen LogP contribution in [0.5, 0.6) is 0 Å². The molecule has 114 valence electrons. The zero-order valence-corrected chi connectivity index (χ0v) is 12.4. The molecule has 0 aliphatic rings. The van der Waals surface area contributed by atoms with Crippen molar-refractivity contribution >= 4 is 29.1 Å². The van der Waals surface area contributed by atoms with E-state index < -0.39 is 16.5 Å². The van der Waals surface area contributed by atoms with Gasteiger partial charge in [-0.2, -0.15) is 0 Å². The molecule has 1 N–H and O–H groups in total. The number of aromatic nitrogens is 1. The summed E-state index contributed by atoms with van der Waals surface area (Å²) in [4.78, 5) is 38.9. The van der Waals surface area contributed by atoms with Crippen LogP contribution in [0.3, 0.4) is 0 Å². The molecule has 0 saturated carbocycles. The van der Waals surface area contributed by atoms with Gasteiger partial charge in [0.1, 0.15) is 16.9 Å². The van der Waals surface area contributed by atoms with Gasteiger partial charge in [0.2, 0.25) is 5.91 Å². The van der Waals surface area contributed by atoms with E-state index in [1.807, 2.05) is 0 Å². The van der Waals surface area contributed by atoms with E-state index in [2.05, 4.69) is 10.3 Å². The number of hydrogen-bond donors (Lipinski definition) is 1. The highest BCUT2D eigenvalue weighted by molar-refractivity contribution is 6.29. The van der Waals surface area contributed by atoms with Crippen molar-refractivity contribution in [1.29, 1.82) is 0 Å². The number of nitro groups is 1. The van der Waals surface area contributed by atoms with E-state index in [4.69, 9.17) is 11.6 Å². The summed E-state index contributed by atoms with van der Waals surface area (Å²) < 4.78 is 0. The summed E-state index contributed by atoms with van der Waals surface area (Å²) in [5.74, 6) is -0.977. The molecule has 1 aromatic rings.